The lowest BCUT2D eigenvalue weighted by atomic mass is 9.92. The standard InChI is InChI=1S/C13H21N3/c1-9-7-12(8-10(2)15-9)13(16-14)11-5-3-4-6-11/h7-8,11,13,16H,3-6,14H2,1-2H3. The Hall–Kier alpha value is -0.930. The molecule has 3 N–H and O–H groups in total. The molecular formula is C13H21N3. The fraction of sp³-hybridized carbons (Fsp3) is 0.615. The number of hydrogen-bond acceptors (Lipinski definition) is 3. The summed E-state index contributed by atoms with van der Waals surface area (Å²) < 4.78 is 0. The minimum absolute atomic E-state index is 0.294. The van der Waals surface area contributed by atoms with Crippen LogP contribution in [-0.4, -0.2) is 4.98 Å². The average molecular weight is 219 g/mol. The van der Waals surface area contributed by atoms with Gasteiger partial charge in [0.2, 0.25) is 0 Å². The van der Waals surface area contributed by atoms with Gasteiger partial charge in [-0.25, -0.2) is 0 Å². The smallest absolute Gasteiger partial charge is 0.0489 e. The molecule has 3 heteroatoms. The van der Waals surface area contributed by atoms with Gasteiger partial charge in [-0.2, -0.15) is 0 Å². The summed E-state index contributed by atoms with van der Waals surface area (Å²) in [7, 11) is 0. The number of hydrazine groups is 1. The Labute approximate surface area is 97.4 Å². The van der Waals surface area contributed by atoms with Crippen LogP contribution < -0.4 is 11.3 Å². The highest BCUT2D eigenvalue weighted by atomic mass is 15.2. The van der Waals surface area contributed by atoms with Crippen LogP contribution in [0.3, 0.4) is 0 Å². The van der Waals surface area contributed by atoms with Crippen LogP contribution in [0.15, 0.2) is 12.1 Å². The molecule has 3 nitrogen and oxygen atoms in total. The zero-order valence-corrected chi connectivity index (χ0v) is 10.2. The average Bonchev–Trinajstić information content (AvgIpc) is 2.70. The first kappa shape index (κ1) is 11.6. The predicted molar refractivity (Wildman–Crippen MR) is 65.7 cm³/mol. The topological polar surface area (TPSA) is 50.9 Å². The van der Waals surface area contributed by atoms with Gasteiger partial charge in [-0.05, 0) is 50.3 Å². The van der Waals surface area contributed by atoms with Crippen LogP contribution in [0.2, 0.25) is 0 Å². The molecular weight excluding hydrogens is 198 g/mol. The molecule has 1 unspecified atom stereocenters. The minimum atomic E-state index is 0.294. The van der Waals surface area contributed by atoms with Crippen LogP contribution in [0.25, 0.3) is 0 Å². The Morgan fingerprint density at radius 3 is 2.31 bits per heavy atom. The molecule has 0 spiro atoms. The highest BCUT2D eigenvalue weighted by Gasteiger charge is 2.25. The second-order valence-corrected chi connectivity index (χ2v) is 4.87. The maximum Gasteiger partial charge on any atom is 0.0489 e. The summed E-state index contributed by atoms with van der Waals surface area (Å²) in [6.07, 6.45) is 5.25. The van der Waals surface area contributed by atoms with Gasteiger partial charge >= 0.3 is 0 Å². The molecule has 0 aliphatic heterocycles. The Balaban J connectivity index is 2.24. The zero-order valence-electron chi connectivity index (χ0n) is 10.2. The second-order valence-electron chi connectivity index (χ2n) is 4.87. The van der Waals surface area contributed by atoms with E-state index in [0.29, 0.717) is 12.0 Å². The van der Waals surface area contributed by atoms with Gasteiger partial charge in [-0.3, -0.25) is 16.3 Å². The zero-order chi connectivity index (χ0) is 11.5. The van der Waals surface area contributed by atoms with Gasteiger partial charge in [0.1, 0.15) is 0 Å². The molecule has 1 saturated carbocycles. The molecule has 0 aromatic carbocycles. The summed E-state index contributed by atoms with van der Waals surface area (Å²) in [5.41, 5.74) is 6.43. The van der Waals surface area contributed by atoms with Crippen LogP contribution in [0, 0.1) is 19.8 Å². The van der Waals surface area contributed by atoms with Gasteiger partial charge < -0.3 is 0 Å². The summed E-state index contributed by atoms with van der Waals surface area (Å²) in [5.74, 6) is 6.40. The number of aromatic nitrogens is 1. The maximum absolute atomic E-state index is 5.71. The molecule has 1 aliphatic rings. The molecule has 1 fully saturated rings. The van der Waals surface area contributed by atoms with Crippen LogP contribution in [0.1, 0.15) is 48.7 Å². The van der Waals surface area contributed by atoms with Gasteiger partial charge in [-0.1, -0.05) is 12.8 Å². The first-order valence-corrected chi connectivity index (χ1v) is 6.12. The molecule has 0 amide bonds. The Bertz CT molecular complexity index is 336. The van der Waals surface area contributed by atoms with Crippen LogP contribution in [0.4, 0.5) is 0 Å². The second kappa shape index (κ2) is 4.93. The van der Waals surface area contributed by atoms with Crippen molar-refractivity contribution in [1.29, 1.82) is 0 Å². The van der Waals surface area contributed by atoms with Gasteiger partial charge in [0.05, 0.1) is 0 Å². The van der Waals surface area contributed by atoms with Gasteiger partial charge in [0, 0.05) is 17.4 Å². The monoisotopic (exact) mass is 219 g/mol. The van der Waals surface area contributed by atoms with Crippen molar-refractivity contribution >= 4 is 0 Å². The molecule has 1 atom stereocenters. The molecule has 1 aromatic rings. The first-order valence-electron chi connectivity index (χ1n) is 6.12. The van der Waals surface area contributed by atoms with Crippen molar-refractivity contribution in [3.63, 3.8) is 0 Å². The lowest BCUT2D eigenvalue weighted by Crippen LogP contribution is -2.32. The summed E-state index contributed by atoms with van der Waals surface area (Å²) in [5, 5.41) is 0. The molecule has 16 heavy (non-hydrogen) atoms. The Morgan fingerprint density at radius 2 is 1.81 bits per heavy atom. The third kappa shape index (κ3) is 2.42. The van der Waals surface area contributed by atoms with Crippen LogP contribution in [0.5, 0.6) is 0 Å². The van der Waals surface area contributed by atoms with E-state index >= 15 is 0 Å². The van der Waals surface area contributed by atoms with E-state index in [2.05, 4.69) is 22.5 Å². The normalized spacial score (nSPS) is 18.9. The summed E-state index contributed by atoms with van der Waals surface area (Å²) in [6.45, 7) is 4.08. The minimum Gasteiger partial charge on any atom is -0.271 e. The summed E-state index contributed by atoms with van der Waals surface area (Å²) in [6, 6.07) is 4.59. The molecule has 0 bridgehead atoms. The quantitative estimate of drug-likeness (QED) is 0.606. The lowest BCUT2D eigenvalue weighted by molar-refractivity contribution is 0.373. The van der Waals surface area contributed by atoms with Crippen molar-refractivity contribution < 1.29 is 0 Å². The number of nitrogens with two attached hydrogens (primary N) is 1. The van der Waals surface area contributed by atoms with E-state index in [0.717, 1.165) is 11.4 Å². The molecule has 1 heterocycles. The van der Waals surface area contributed by atoms with E-state index in [4.69, 9.17) is 5.84 Å². The molecule has 88 valence electrons. The highest BCUT2D eigenvalue weighted by Crippen LogP contribution is 2.35. The van der Waals surface area contributed by atoms with E-state index in [9.17, 15) is 0 Å². The summed E-state index contributed by atoms with van der Waals surface area (Å²) >= 11 is 0. The van der Waals surface area contributed by atoms with E-state index in [-0.39, 0.29) is 0 Å². The van der Waals surface area contributed by atoms with Gasteiger partial charge in [0.15, 0.2) is 0 Å². The number of hydrogen-bond donors (Lipinski definition) is 2. The Morgan fingerprint density at radius 1 is 1.25 bits per heavy atom. The summed E-state index contributed by atoms with van der Waals surface area (Å²) in [4.78, 5) is 4.41. The van der Waals surface area contributed by atoms with E-state index in [1.165, 1.54) is 31.2 Å². The molecule has 1 aromatic heterocycles. The number of nitrogens with zero attached hydrogens (tertiary/aromatic N) is 1. The molecule has 0 radical (unpaired) electrons. The van der Waals surface area contributed by atoms with Gasteiger partial charge in [0.25, 0.3) is 0 Å². The SMILES string of the molecule is Cc1cc(C(NN)C2CCCC2)cc(C)n1. The van der Waals surface area contributed by atoms with Crippen molar-refractivity contribution in [2.75, 3.05) is 0 Å². The first-order chi connectivity index (χ1) is 7.70. The van der Waals surface area contributed by atoms with E-state index in [1.54, 1.807) is 0 Å². The predicted octanol–water partition coefficient (Wildman–Crippen LogP) is 2.39. The largest absolute Gasteiger partial charge is 0.271 e. The Kier molecular flexibility index (Phi) is 3.56. The fourth-order valence-electron chi connectivity index (χ4n) is 2.84. The molecule has 1 aliphatic carbocycles. The number of nitrogens with one attached hydrogen (secondary N) is 1. The maximum atomic E-state index is 5.71. The van der Waals surface area contributed by atoms with Crippen molar-refractivity contribution in [2.24, 2.45) is 11.8 Å². The lowest BCUT2D eigenvalue weighted by Gasteiger charge is -2.23. The number of rotatable bonds is 3. The molecule has 2 rings (SSSR count). The fourth-order valence-corrected chi connectivity index (χ4v) is 2.84. The van der Waals surface area contributed by atoms with Gasteiger partial charge in [-0.15, -0.1) is 0 Å². The molecule has 0 saturated heterocycles. The third-order valence-electron chi connectivity index (χ3n) is 3.51. The van der Waals surface area contributed by atoms with Crippen LogP contribution in [-0.2, 0) is 0 Å². The number of aryl methyl sites for hydroxylation is 2. The highest BCUT2D eigenvalue weighted by molar-refractivity contribution is 5.24. The van der Waals surface area contributed by atoms with E-state index < -0.39 is 0 Å². The number of pyridine rings is 1. The van der Waals surface area contributed by atoms with Crippen LogP contribution >= 0.6 is 0 Å². The van der Waals surface area contributed by atoms with Crippen molar-refractivity contribution in [1.82, 2.24) is 10.4 Å². The third-order valence-corrected chi connectivity index (χ3v) is 3.51. The van der Waals surface area contributed by atoms with E-state index in [1.807, 2.05) is 13.8 Å². The van der Waals surface area contributed by atoms with Crippen molar-refractivity contribution in [2.45, 2.75) is 45.6 Å². The van der Waals surface area contributed by atoms with Crippen molar-refractivity contribution in [3.8, 4) is 0 Å². The van der Waals surface area contributed by atoms with Crippen molar-refractivity contribution in [3.05, 3.63) is 29.1 Å².